The van der Waals surface area contributed by atoms with Gasteiger partial charge in [0.2, 0.25) is 0 Å². The summed E-state index contributed by atoms with van der Waals surface area (Å²) in [4.78, 5) is 0. The molecule has 0 radical (unpaired) electrons. The molecular weight excluding hydrogens is 166 g/mol. The average molecular weight is 187 g/mol. The molecule has 1 saturated carbocycles. The molecule has 1 aliphatic rings. The Morgan fingerprint density at radius 1 is 1.50 bits per heavy atom. The van der Waals surface area contributed by atoms with Gasteiger partial charge in [0.05, 0.1) is 0 Å². The Bertz CT molecular complexity index is 106. The lowest BCUT2D eigenvalue weighted by molar-refractivity contribution is 0.501. The first-order chi connectivity index (χ1) is 5.86. The van der Waals surface area contributed by atoms with Gasteiger partial charge in [-0.05, 0) is 31.6 Å². The van der Waals surface area contributed by atoms with Crippen molar-refractivity contribution in [2.24, 2.45) is 5.92 Å². The Kier molecular flexibility index (Phi) is 5.08. The van der Waals surface area contributed by atoms with E-state index in [4.69, 9.17) is 0 Å². The molecule has 1 nitrogen and oxygen atoms in total. The lowest BCUT2D eigenvalue weighted by atomic mass is 10.1. The van der Waals surface area contributed by atoms with Crippen LogP contribution in [0.4, 0.5) is 0 Å². The number of hydrogen-bond acceptors (Lipinski definition) is 2. The van der Waals surface area contributed by atoms with E-state index in [9.17, 15) is 0 Å². The summed E-state index contributed by atoms with van der Waals surface area (Å²) >= 11 is 1.96. The molecule has 1 aliphatic carbocycles. The van der Waals surface area contributed by atoms with Crippen LogP contribution in [0.2, 0.25) is 0 Å². The molecule has 0 amide bonds. The molecule has 1 fully saturated rings. The molecule has 0 bridgehead atoms. The Morgan fingerprint density at radius 3 is 2.75 bits per heavy atom. The summed E-state index contributed by atoms with van der Waals surface area (Å²) in [5.74, 6) is 2.37. The summed E-state index contributed by atoms with van der Waals surface area (Å²) in [5.41, 5.74) is 0. The van der Waals surface area contributed by atoms with E-state index in [1.165, 1.54) is 31.4 Å². The second-order valence-corrected chi connectivity index (χ2v) is 4.64. The second-order valence-electron chi connectivity index (χ2n) is 3.73. The van der Waals surface area contributed by atoms with Crippen molar-refractivity contribution in [1.29, 1.82) is 0 Å². The van der Waals surface area contributed by atoms with E-state index in [2.05, 4.69) is 18.5 Å². The SMILES string of the molecule is CCNC(CCC1CC1)CSC. The average Bonchev–Trinajstić information content (AvgIpc) is 2.84. The van der Waals surface area contributed by atoms with Gasteiger partial charge in [0.15, 0.2) is 0 Å². The molecule has 0 aromatic carbocycles. The highest BCUT2D eigenvalue weighted by molar-refractivity contribution is 7.98. The van der Waals surface area contributed by atoms with E-state index in [0.29, 0.717) is 0 Å². The predicted molar refractivity (Wildman–Crippen MR) is 57.8 cm³/mol. The van der Waals surface area contributed by atoms with Crippen molar-refractivity contribution in [2.45, 2.75) is 38.6 Å². The van der Waals surface area contributed by atoms with E-state index in [-0.39, 0.29) is 0 Å². The van der Waals surface area contributed by atoms with Crippen LogP contribution >= 0.6 is 11.8 Å². The molecule has 0 spiro atoms. The predicted octanol–water partition coefficient (Wildman–Crippen LogP) is 2.52. The van der Waals surface area contributed by atoms with Crippen LogP contribution in [0.25, 0.3) is 0 Å². The van der Waals surface area contributed by atoms with Crippen LogP contribution in [0.3, 0.4) is 0 Å². The lowest BCUT2D eigenvalue weighted by Gasteiger charge is -2.15. The summed E-state index contributed by atoms with van der Waals surface area (Å²) in [6.07, 6.45) is 8.04. The molecule has 2 heteroatoms. The minimum atomic E-state index is 0.769. The van der Waals surface area contributed by atoms with Crippen LogP contribution in [-0.2, 0) is 0 Å². The molecule has 1 rings (SSSR count). The van der Waals surface area contributed by atoms with Gasteiger partial charge in [-0.25, -0.2) is 0 Å². The van der Waals surface area contributed by atoms with Gasteiger partial charge in [0.1, 0.15) is 0 Å². The molecule has 0 saturated heterocycles. The molecule has 1 N–H and O–H groups in total. The summed E-state index contributed by atoms with van der Waals surface area (Å²) in [5, 5.41) is 3.55. The Hall–Kier alpha value is 0.310. The maximum absolute atomic E-state index is 3.55. The van der Waals surface area contributed by atoms with Crippen LogP contribution in [0.5, 0.6) is 0 Å². The number of thioether (sulfide) groups is 1. The highest BCUT2D eigenvalue weighted by Gasteiger charge is 2.21. The van der Waals surface area contributed by atoms with Gasteiger partial charge < -0.3 is 5.32 Å². The third-order valence-corrected chi connectivity index (χ3v) is 3.22. The largest absolute Gasteiger partial charge is 0.313 e. The normalized spacial score (nSPS) is 19.5. The Morgan fingerprint density at radius 2 is 2.25 bits per heavy atom. The van der Waals surface area contributed by atoms with Crippen molar-refractivity contribution >= 4 is 11.8 Å². The molecule has 1 atom stereocenters. The zero-order chi connectivity index (χ0) is 8.81. The van der Waals surface area contributed by atoms with E-state index in [1.807, 2.05) is 11.8 Å². The zero-order valence-electron chi connectivity index (χ0n) is 8.31. The first kappa shape index (κ1) is 10.4. The van der Waals surface area contributed by atoms with Crippen molar-refractivity contribution < 1.29 is 0 Å². The fourth-order valence-corrected chi connectivity index (χ4v) is 2.26. The highest BCUT2D eigenvalue weighted by atomic mass is 32.2. The van der Waals surface area contributed by atoms with Gasteiger partial charge >= 0.3 is 0 Å². The van der Waals surface area contributed by atoms with Crippen molar-refractivity contribution in [3.8, 4) is 0 Å². The molecule has 0 heterocycles. The molecule has 0 aliphatic heterocycles. The molecule has 1 unspecified atom stereocenters. The lowest BCUT2D eigenvalue weighted by Crippen LogP contribution is -2.31. The molecule has 72 valence electrons. The van der Waals surface area contributed by atoms with Crippen LogP contribution < -0.4 is 5.32 Å². The number of hydrogen-bond donors (Lipinski definition) is 1. The van der Waals surface area contributed by atoms with Crippen LogP contribution in [0.15, 0.2) is 0 Å². The maximum atomic E-state index is 3.55. The topological polar surface area (TPSA) is 12.0 Å². The standard InChI is InChI=1S/C10H21NS/c1-3-11-10(8-12-2)7-6-9-4-5-9/h9-11H,3-8H2,1-2H3. The summed E-state index contributed by atoms with van der Waals surface area (Å²) in [7, 11) is 0. The van der Waals surface area contributed by atoms with E-state index < -0.39 is 0 Å². The van der Waals surface area contributed by atoms with Crippen LogP contribution in [0, 0.1) is 5.92 Å². The highest BCUT2D eigenvalue weighted by Crippen LogP contribution is 2.34. The quantitative estimate of drug-likeness (QED) is 0.657. The fraction of sp³-hybridized carbons (Fsp3) is 1.00. The second kappa shape index (κ2) is 5.87. The minimum absolute atomic E-state index is 0.769. The summed E-state index contributed by atoms with van der Waals surface area (Å²) in [6, 6.07) is 0.769. The van der Waals surface area contributed by atoms with Gasteiger partial charge in [-0.15, -0.1) is 0 Å². The van der Waals surface area contributed by atoms with Crippen LogP contribution in [0.1, 0.15) is 32.6 Å². The van der Waals surface area contributed by atoms with Gasteiger partial charge in [0.25, 0.3) is 0 Å². The van der Waals surface area contributed by atoms with Gasteiger partial charge in [-0.2, -0.15) is 11.8 Å². The zero-order valence-corrected chi connectivity index (χ0v) is 9.12. The van der Waals surface area contributed by atoms with Crippen molar-refractivity contribution in [3.63, 3.8) is 0 Å². The van der Waals surface area contributed by atoms with Gasteiger partial charge in [0, 0.05) is 11.8 Å². The fourth-order valence-electron chi connectivity index (χ4n) is 1.58. The van der Waals surface area contributed by atoms with Crippen molar-refractivity contribution in [3.05, 3.63) is 0 Å². The molecule has 0 aromatic heterocycles. The Balaban J connectivity index is 2.03. The van der Waals surface area contributed by atoms with Crippen molar-refractivity contribution in [2.75, 3.05) is 18.6 Å². The molecular formula is C10H21NS. The summed E-state index contributed by atoms with van der Waals surface area (Å²) in [6.45, 7) is 3.32. The van der Waals surface area contributed by atoms with Gasteiger partial charge in [-0.3, -0.25) is 0 Å². The first-order valence-corrected chi connectivity index (χ1v) is 6.48. The number of rotatable bonds is 7. The smallest absolute Gasteiger partial charge is 0.0158 e. The Labute approximate surface area is 80.7 Å². The van der Waals surface area contributed by atoms with E-state index >= 15 is 0 Å². The monoisotopic (exact) mass is 187 g/mol. The van der Waals surface area contributed by atoms with Crippen LogP contribution in [-0.4, -0.2) is 24.6 Å². The van der Waals surface area contributed by atoms with Crippen molar-refractivity contribution in [1.82, 2.24) is 5.32 Å². The summed E-state index contributed by atoms with van der Waals surface area (Å²) < 4.78 is 0. The third kappa shape index (κ3) is 4.36. The molecule has 0 aromatic rings. The maximum Gasteiger partial charge on any atom is 0.0158 e. The van der Waals surface area contributed by atoms with Gasteiger partial charge in [-0.1, -0.05) is 19.8 Å². The minimum Gasteiger partial charge on any atom is -0.313 e. The van der Waals surface area contributed by atoms with E-state index in [0.717, 1.165) is 18.5 Å². The van der Waals surface area contributed by atoms with E-state index in [1.54, 1.807) is 0 Å². The number of nitrogens with one attached hydrogen (secondary N) is 1. The molecule has 12 heavy (non-hydrogen) atoms. The third-order valence-electron chi connectivity index (χ3n) is 2.48. The first-order valence-electron chi connectivity index (χ1n) is 5.09.